The van der Waals surface area contributed by atoms with Crippen LogP contribution in [0.2, 0.25) is 0 Å². The number of amides is 2. The Balaban J connectivity index is 1.32. The topological polar surface area (TPSA) is 62.6 Å². The number of nitrogens with one attached hydrogen (secondary N) is 1. The fourth-order valence-corrected chi connectivity index (χ4v) is 4.43. The minimum Gasteiger partial charge on any atom is -0.459 e. The Morgan fingerprint density at radius 3 is 2.36 bits per heavy atom. The standard InChI is InChI=1S/C23H28N2O3/c26-22(21-20(13-16-28-21)17-7-3-1-4-8-17)24-19-11-14-25(15-12-19)23(27)18-9-5-2-6-10-18/h1,3-4,7-8,13,16,18-19H,2,5-6,9-12,14-15H2,(H,24,26). The molecular formula is C23H28N2O3. The van der Waals surface area contributed by atoms with Gasteiger partial charge in [-0.2, -0.15) is 0 Å². The fraction of sp³-hybridized carbons (Fsp3) is 0.478. The molecule has 1 aromatic carbocycles. The molecule has 0 unspecified atom stereocenters. The maximum absolute atomic E-state index is 12.7. The molecular weight excluding hydrogens is 352 g/mol. The molecule has 5 heteroatoms. The van der Waals surface area contributed by atoms with Gasteiger partial charge in [0.05, 0.1) is 6.26 Å². The van der Waals surface area contributed by atoms with Gasteiger partial charge in [-0.05, 0) is 37.3 Å². The van der Waals surface area contributed by atoms with E-state index < -0.39 is 0 Å². The summed E-state index contributed by atoms with van der Waals surface area (Å²) in [5.74, 6) is 0.714. The number of hydrogen-bond acceptors (Lipinski definition) is 3. The predicted octanol–water partition coefficient (Wildman–Crippen LogP) is 4.25. The van der Waals surface area contributed by atoms with E-state index in [0.29, 0.717) is 11.7 Å². The summed E-state index contributed by atoms with van der Waals surface area (Å²) in [6.07, 6.45) is 8.84. The Morgan fingerprint density at radius 1 is 0.929 bits per heavy atom. The first-order chi connectivity index (χ1) is 13.7. The summed E-state index contributed by atoms with van der Waals surface area (Å²) >= 11 is 0. The largest absolute Gasteiger partial charge is 0.459 e. The highest BCUT2D eigenvalue weighted by molar-refractivity contribution is 5.98. The lowest BCUT2D eigenvalue weighted by atomic mass is 9.87. The third kappa shape index (κ3) is 4.13. The first-order valence-corrected chi connectivity index (χ1v) is 10.4. The van der Waals surface area contributed by atoms with Gasteiger partial charge in [-0.1, -0.05) is 49.6 Å². The summed E-state index contributed by atoms with van der Waals surface area (Å²) in [5.41, 5.74) is 1.78. The van der Waals surface area contributed by atoms with Crippen molar-refractivity contribution in [3.63, 3.8) is 0 Å². The number of piperidine rings is 1. The van der Waals surface area contributed by atoms with Crippen molar-refractivity contribution in [2.24, 2.45) is 5.92 Å². The van der Waals surface area contributed by atoms with Crippen LogP contribution in [0.1, 0.15) is 55.5 Å². The molecule has 2 amide bonds. The van der Waals surface area contributed by atoms with Crippen LogP contribution in [-0.4, -0.2) is 35.8 Å². The second kappa shape index (κ2) is 8.63. The summed E-state index contributed by atoms with van der Waals surface area (Å²) in [6, 6.07) is 11.7. The van der Waals surface area contributed by atoms with Gasteiger partial charge in [-0.25, -0.2) is 0 Å². The van der Waals surface area contributed by atoms with Crippen molar-refractivity contribution in [2.75, 3.05) is 13.1 Å². The van der Waals surface area contributed by atoms with Gasteiger partial charge in [0.2, 0.25) is 5.91 Å². The molecule has 148 valence electrons. The number of benzene rings is 1. The highest BCUT2D eigenvalue weighted by Gasteiger charge is 2.30. The van der Waals surface area contributed by atoms with Crippen molar-refractivity contribution >= 4 is 11.8 Å². The zero-order valence-corrected chi connectivity index (χ0v) is 16.2. The first kappa shape index (κ1) is 18.8. The Bertz CT molecular complexity index is 800. The van der Waals surface area contributed by atoms with Crippen molar-refractivity contribution in [1.82, 2.24) is 10.2 Å². The van der Waals surface area contributed by atoms with Crippen LogP contribution in [0.4, 0.5) is 0 Å². The highest BCUT2D eigenvalue weighted by atomic mass is 16.3. The molecule has 1 N–H and O–H groups in total. The normalized spacial score (nSPS) is 18.8. The van der Waals surface area contributed by atoms with Gasteiger partial charge in [0.1, 0.15) is 0 Å². The Hall–Kier alpha value is -2.56. The maximum atomic E-state index is 12.7. The number of furan rings is 1. The van der Waals surface area contributed by atoms with E-state index >= 15 is 0 Å². The lowest BCUT2D eigenvalue weighted by molar-refractivity contribution is -0.137. The van der Waals surface area contributed by atoms with Crippen LogP contribution in [0.25, 0.3) is 11.1 Å². The monoisotopic (exact) mass is 380 g/mol. The second-order valence-electron chi connectivity index (χ2n) is 7.94. The molecule has 28 heavy (non-hydrogen) atoms. The summed E-state index contributed by atoms with van der Waals surface area (Å²) in [5, 5.41) is 3.10. The molecule has 5 nitrogen and oxygen atoms in total. The Kier molecular flexibility index (Phi) is 5.79. The van der Waals surface area contributed by atoms with E-state index in [4.69, 9.17) is 4.42 Å². The molecule has 4 rings (SSSR count). The molecule has 1 aromatic heterocycles. The molecule has 2 fully saturated rings. The van der Waals surface area contributed by atoms with Crippen molar-refractivity contribution in [2.45, 2.75) is 51.0 Å². The third-order valence-corrected chi connectivity index (χ3v) is 6.05. The van der Waals surface area contributed by atoms with Crippen LogP contribution in [0, 0.1) is 5.92 Å². The average molecular weight is 380 g/mol. The van der Waals surface area contributed by atoms with Gasteiger partial charge in [0.25, 0.3) is 5.91 Å². The zero-order valence-electron chi connectivity index (χ0n) is 16.2. The number of likely N-dealkylation sites (tertiary alicyclic amines) is 1. The number of carbonyl (C=O) groups is 2. The van der Waals surface area contributed by atoms with E-state index in [9.17, 15) is 9.59 Å². The van der Waals surface area contributed by atoms with E-state index in [2.05, 4.69) is 5.32 Å². The van der Waals surface area contributed by atoms with Crippen LogP contribution in [0.3, 0.4) is 0 Å². The molecule has 2 aromatic rings. The third-order valence-electron chi connectivity index (χ3n) is 6.05. The average Bonchev–Trinajstić information content (AvgIpc) is 3.25. The summed E-state index contributed by atoms with van der Waals surface area (Å²) in [7, 11) is 0. The smallest absolute Gasteiger partial charge is 0.287 e. The molecule has 2 heterocycles. The fourth-order valence-electron chi connectivity index (χ4n) is 4.43. The Morgan fingerprint density at radius 2 is 1.64 bits per heavy atom. The summed E-state index contributed by atoms with van der Waals surface area (Å²) < 4.78 is 5.48. The maximum Gasteiger partial charge on any atom is 0.287 e. The van der Waals surface area contributed by atoms with Gasteiger partial charge >= 0.3 is 0 Å². The Labute approximate surface area is 166 Å². The molecule has 0 radical (unpaired) electrons. The van der Waals surface area contributed by atoms with E-state index in [1.165, 1.54) is 19.3 Å². The molecule has 0 bridgehead atoms. The molecule has 0 atom stereocenters. The highest BCUT2D eigenvalue weighted by Crippen LogP contribution is 2.27. The lowest BCUT2D eigenvalue weighted by Crippen LogP contribution is -2.48. The van der Waals surface area contributed by atoms with Gasteiger partial charge in [-0.15, -0.1) is 0 Å². The molecule has 0 spiro atoms. The van der Waals surface area contributed by atoms with Crippen LogP contribution >= 0.6 is 0 Å². The SMILES string of the molecule is O=C(NC1CCN(C(=O)C2CCCCC2)CC1)c1occc1-c1ccccc1. The van der Waals surface area contributed by atoms with Crippen molar-refractivity contribution in [3.05, 3.63) is 48.4 Å². The minimum absolute atomic E-state index is 0.0802. The first-order valence-electron chi connectivity index (χ1n) is 10.4. The number of hydrogen-bond donors (Lipinski definition) is 1. The van der Waals surface area contributed by atoms with Crippen molar-refractivity contribution in [1.29, 1.82) is 0 Å². The van der Waals surface area contributed by atoms with Crippen LogP contribution in [0.15, 0.2) is 47.1 Å². The van der Waals surface area contributed by atoms with Gasteiger partial charge in [0, 0.05) is 30.6 Å². The molecule has 1 aliphatic heterocycles. The number of carbonyl (C=O) groups excluding carboxylic acids is 2. The number of nitrogens with zero attached hydrogens (tertiary/aromatic N) is 1. The molecule has 1 saturated carbocycles. The van der Waals surface area contributed by atoms with Gasteiger partial charge in [0.15, 0.2) is 5.76 Å². The zero-order chi connectivity index (χ0) is 19.3. The quantitative estimate of drug-likeness (QED) is 0.863. The van der Waals surface area contributed by atoms with E-state index in [0.717, 1.165) is 49.9 Å². The van der Waals surface area contributed by atoms with E-state index in [1.807, 2.05) is 41.3 Å². The molecule has 1 aliphatic carbocycles. The van der Waals surface area contributed by atoms with Crippen molar-refractivity contribution in [3.8, 4) is 11.1 Å². The van der Waals surface area contributed by atoms with Crippen molar-refractivity contribution < 1.29 is 14.0 Å². The molecule has 1 saturated heterocycles. The van der Waals surface area contributed by atoms with Crippen LogP contribution < -0.4 is 5.32 Å². The predicted molar refractivity (Wildman–Crippen MR) is 108 cm³/mol. The molecule has 2 aliphatic rings. The number of rotatable bonds is 4. The lowest BCUT2D eigenvalue weighted by Gasteiger charge is -2.35. The summed E-state index contributed by atoms with van der Waals surface area (Å²) in [6.45, 7) is 1.45. The van der Waals surface area contributed by atoms with Gasteiger partial charge < -0.3 is 14.6 Å². The van der Waals surface area contributed by atoms with Crippen LogP contribution in [0.5, 0.6) is 0 Å². The summed E-state index contributed by atoms with van der Waals surface area (Å²) in [4.78, 5) is 27.4. The van der Waals surface area contributed by atoms with E-state index in [1.54, 1.807) is 6.26 Å². The van der Waals surface area contributed by atoms with Gasteiger partial charge in [-0.3, -0.25) is 9.59 Å². The second-order valence-corrected chi connectivity index (χ2v) is 7.94. The minimum atomic E-state index is -0.180. The van der Waals surface area contributed by atoms with Crippen LogP contribution in [-0.2, 0) is 4.79 Å². The van der Waals surface area contributed by atoms with E-state index in [-0.39, 0.29) is 17.9 Å².